The predicted molar refractivity (Wildman–Crippen MR) is 87.4 cm³/mol. The van der Waals surface area contributed by atoms with Crippen LogP contribution < -0.4 is 10.1 Å². The fourth-order valence-electron chi connectivity index (χ4n) is 3.42. The highest BCUT2D eigenvalue weighted by Crippen LogP contribution is 2.32. The van der Waals surface area contributed by atoms with E-state index in [1.807, 2.05) is 4.90 Å². The number of halogens is 1. The van der Waals surface area contributed by atoms with Crippen molar-refractivity contribution in [3.05, 3.63) is 33.9 Å². The number of hydrogen-bond donors (Lipinski definition) is 1. The van der Waals surface area contributed by atoms with Gasteiger partial charge in [0.1, 0.15) is 0 Å². The zero-order valence-electron chi connectivity index (χ0n) is 12.9. The van der Waals surface area contributed by atoms with E-state index < -0.39 is 4.92 Å². The standard InChI is InChI=1S/C15H19N3O4.ClH/c1-22-14-8-10(2-5-13(14)18(20)21)15(19)17-11-3-4-12(17)9-16-7-6-11;/h2,5,8,11-12,16H,3-4,6-7,9H2,1H3;1H. The van der Waals surface area contributed by atoms with Crippen molar-refractivity contribution >= 4 is 24.0 Å². The van der Waals surface area contributed by atoms with Gasteiger partial charge in [0, 0.05) is 36.3 Å². The van der Waals surface area contributed by atoms with Gasteiger partial charge in [-0.2, -0.15) is 0 Å². The predicted octanol–water partition coefficient (Wildman–Crippen LogP) is 1.99. The molecule has 0 saturated carbocycles. The van der Waals surface area contributed by atoms with E-state index in [9.17, 15) is 14.9 Å². The van der Waals surface area contributed by atoms with Crippen LogP contribution in [0.15, 0.2) is 18.2 Å². The van der Waals surface area contributed by atoms with Gasteiger partial charge < -0.3 is 15.0 Å². The molecule has 7 nitrogen and oxygen atoms in total. The van der Waals surface area contributed by atoms with Gasteiger partial charge >= 0.3 is 5.69 Å². The third-order valence-electron chi connectivity index (χ3n) is 4.51. The Hall–Kier alpha value is -1.86. The van der Waals surface area contributed by atoms with Gasteiger partial charge in [-0.05, 0) is 31.9 Å². The molecular formula is C15H20ClN3O4. The quantitative estimate of drug-likeness (QED) is 0.671. The summed E-state index contributed by atoms with van der Waals surface area (Å²) in [6.07, 6.45) is 2.99. The molecule has 23 heavy (non-hydrogen) atoms. The van der Waals surface area contributed by atoms with Crippen LogP contribution in [0.5, 0.6) is 5.75 Å². The molecule has 2 bridgehead atoms. The van der Waals surface area contributed by atoms with Crippen LogP contribution in [-0.4, -0.2) is 48.0 Å². The van der Waals surface area contributed by atoms with Crippen molar-refractivity contribution in [3.63, 3.8) is 0 Å². The van der Waals surface area contributed by atoms with E-state index in [0.717, 1.165) is 32.4 Å². The maximum atomic E-state index is 12.8. The lowest BCUT2D eigenvalue weighted by Gasteiger charge is -2.28. The van der Waals surface area contributed by atoms with E-state index >= 15 is 0 Å². The smallest absolute Gasteiger partial charge is 0.310 e. The molecule has 2 saturated heterocycles. The van der Waals surface area contributed by atoms with Crippen molar-refractivity contribution in [2.24, 2.45) is 0 Å². The van der Waals surface area contributed by atoms with Crippen LogP contribution in [0.3, 0.4) is 0 Å². The van der Waals surface area contributed by atoms with E-state index in [1.54, 1.807) is 0 Å². The Balaban J connectivity index is 0.00000192. The second-order valence-corrected chi connectivity index (χ2v) is 5.73. The minimum absolute atomic E-state index is 0. The zero-order valence-corrected chi connectivity index (χ0v) is 13.7. The van der Waals surface area contributed by atoms with Crippen LogP contribution in [0.25, 0.3) is 0 Å². The van der Waals surface area contributed by atoms with Crippen molar-refractivity contribution in [1.29, 1.82) is 0 Å². The average molecular weight is 342 g/mol. The van der Waals surface area contributed by atoms with Gasteiger partial charge in [0.05, 0.1) is 12.0 Å². The van der Waals surface area contributed by atoms with Gasteiger partial charge in [-0.25, -0.2) is 0 Å². The van der Waals surface area contributed by atoms with E-state index in [0.29, 0.717) is 5.56 Å². The molecule has 8 heteroatoms. The molecule has 1 aromatic carbocycles. The topological polar surface area (TPSA) is 84.7 Å². The zero-order chi connectivity index (χ0) is 15.7. The van der Waals surface area contributed by atoms with Crippen LogP contribution >= 0.6 is 12.4 Å². The molecule has 1 N–H and O–H groups in total. The van der Waals surface area contributed by atoms with E-state index in [1.165, 1.54) is 25.3 Å². The summed E-state index contributed by atoms with van der Waals surface area (Å²) in [5, 5.41) is 14.3. The Bertz CT molecular complexity index is 596. The summed E-state index contributed by atoms with van der Waals surface area (Å²) in [6, 6.07) is 4.79. The Morgan fingerprint density at radius 1 is 1.35 bits per heavy atom. The SMILES string of the molecule is COc1cc(C(=O)N2C3CCNCC2CC3)ccc1[N+](=O)[O-].Cl. The minimum atomic E-state index is -0.507. The molecule has 3 rings (SSSR count). The van der Waals surface area contributed by atoms with Crippen LogP contribution in [0.2, 0.25) is 0 Å². The monoisotopic (exact) mass is 341 g/mol. The highest BCUT2D eigenvalue weighted by Gasteiger charge is 2.38. The van der Waals surface area contributed by atoms with Crippen molar-refractivity contribution < 1.29 is 14.5 Å². The molecule has 2 fully saturated rings. The first-order valence-electron chi connectivity index (χ1n) is 7.47. The number of amides is 1. The maximum absolute atomic E-state index is 12.8. The molecule has 1 amide bonds. The summed E-state index contributed by atoms with van der Waals surface area (Å²) >= 11 is 0. The normalized spacial score (nSPS) is 22.9. The number of carbonyl (C=O) groups excluding carboxylic acids is 1. The van der Waals surface area contributed by atoms with Crippen LogP contribution in [0, 0.1) is 10.1 Å². The number of nitrogens with one attached hydrogen (secondary N) is 1. The van der Waals surface area contributed by atoms with E-state index in [2.05, 4.69) is 5.32 Å². The fourth-order valence-corrected chi connectivity index (χ4v) is 3.42. The second-order valence-electron chi connectivity index (χ2n) is 5.73. The molecule has 0 aliphatic carbocycles. The minimum Gasteiger partial charge on any atom is -0.490 e. The highest BCUT2D eigenvalue weighted by molar-refractivity contribution is 5.95. The Morgan fingerprint density at radius 2 is 2.09 bits per heavy atom. The fraction of sp³-hybridized carbons (Fsp3) is 0.533. The number of nitro groups is 1. The molecule has 126 valence electrons. The Morgan fingerprint density at radius 3 is 2.78 bits per heavy atom. The molecule has 2 aliphatic rings. The van der Waals surface area contributed by atoms with Crippen molar-refractivity contribution in [3.8, 4) is 5.75 Å². The highest BCUT2D eigenvalue weighted by atomic mass is 35.5. The first-order valence-corrected chi connectivity index (χ1v) is 7.47. The number of nitro benzene ring substituents is 1. The maximum Gasteiger partial charge on any atom is 0.310 e. The number of ether oxygens (including phenoxy) is 1. The molecular weight excluding hydrogens is 322 g/mol. The molecule has 2 heterocycles. The number of benzene rings is 1. The van der Waals surface area contributed by atoms with Crippen molar-refractivity contribution in [2.75, 3.05) is 20.2 Å². The number of carbonyl (C=O) groups is 1. The molecule has 2 aliphatic heterocycles. The summed E-state index contributed by atoms with van der Waals surface area (Å²) in [5.74, 6) is 0.0561. The Labute approximate surface area is 140 Å². The van der Waals surface area contributed by atoms with Crippen LogP contribution in [0.1, 0.15) is 29.6 Å². The lowest BCUT2D eigenvalue weighted by Crippen LogP contribution is -2.42. The summed E-state index contributed by atoms with van der Waals surface area (Å²) in [7, 11) is 1.37. The largest absolute Gasteiger partial charge is 0.490 e. The number of nitrogens with zero attached hydrogens (tertiary/aromatic N) is 2. The summed E-state index contributed by atoms with van der Waals surface area (Å²) < 4.78 is 5.05. The van der Waals surface area contributed by atoms with Crippen molar-refractivity contribution in [2.45, 2.75) is 31.3 Å². The molecule has 1 aromatic rings. The number of fused-ring (bicyclic) bond motifs is 2. The van der Waals surface area contributed by atoms with Crippen LogP contribution in [-0.2, 0) is 0 Å². The molecule has 0 radical (unpaired) electrons. The second kappa shape index (κ2) is 7.14. The molecule has 0 spiro atoms. The lowest BCUT2D eigenvalue weighted by molar-refractivity contribution is -0.385. The van der Waals surface area contributed by atoms with Gasteiger partial charge in [-0.1, -0.05) is 0 Å². The molecule has 0 aromatic heterocycles. The van der Waals surface area contributed by atoms with Gasteiger partial charge in [0.2, 0.25) is 0 Å². The average Bonchev–Trinajstić information content (AvgIpc) is 2.78. The van der Waals surface area contributed by atoms with Crippen molar-refractivity contribution in [1.82, 2.24) is 10.2 Å². The first-order chi connectivity index (χ1) is 10.6. The third kappa shape index (κ3) is 3.25. The molecule has 2 atom stereocenters. The third-order valence-corrected chi connectivity index (χ3v) is 4.51. The Kier molecular flexibility index (Phi) is 5.43. The van der Waals surface area contributed by atoms with Gasteiger partial charge in [0.15, 0.2) is 5.75 Å². The number of rotatable bonds is 3. The number of hydrogen-bond acceptors (Lipinski definition) is 5. The van der Waals surface area contributed by atoms with E-state index in [4.69, 9.17) is 4.74 Å². The van der Waals surface area contributed by atoms with Gasteiger partial charge in [-0.15, -0.1) is 12.4 Å². The van der Waals surface area contributed by atoms with Crippen LogP contribution in [0.4, 0.5) is 5.69 Å². The summed E-state index contributed by atoms with van der Waals surface area (Å²) in [4.78, 5) is 25.2. The summed E-state index contributed by atoms with van der Waals surface area (Å²) in [6.45, 7) is 1.74. The number of methoxy groups -OCH3 is 1. The van der Waals surface area contributed by atoms with E-state index in [-0.39, 0.29) is 41.8 Å². The molecule has 2 unspecified atom stereocenters. The lowest BCUT2D eigenvalue weighted by atomic mass is 10.1. The first kappa shape index (κ1) is 17.5. The van der Waals surface area contributed by atoms with Gasteiger partial charge in [-0.3, -0.25) is 14.9 Å². The van der Waals surface area contributed by atoms with Gasteiger partial charge in [0.25, 0.3) is 5.91 Å². The summed E-state index contributed by atoms with van der Waals surface area (Å²) in [5.41, 5.74) is 0.320.